The third kappa shape index (κ3) is 2.56. The van der Waals surface area contributed by atoms with Crippen molar-refractivity contribution in [2.24, 2.45) is 0 Å². The summed E-state index contributed by atoms with van der Waals surface area (Å²) in [4.78, 5) is 28.2. The van der Waals surface area contributed by atoms with Gasteiger partial charge in [-0.1, -0.05) is 18.2 Å². The number of benzene rings is 1. The molecule has 2 heterocycles. The van der Waals surface area contributed by atoms with Crippen molar-refractivity contribution < 1.29 is 13.8 Å². The molecule has 2 aliphatic heterocycles. The van der Waals surface area contributed by atoms with E-state index in [1.165, 1.54) is 0 Å². The number of carbonyl (C=O) groups excluding carboxylic acids is 2. The zero-order valence-corrected chi connectivity index (χ0v) is 13.6. The minimum Gasteiger partial charge on any atom is -0.336 e. The summed E-state index contributed by atoms with van der Waals surface area (Å²) >= 11 is 0. The molecular formula is C16H20N2O3S. The average Bonchev–Trinajstić information content (AvgIpc) is 2.82. The van der Waals surface area contributed by atoms with Crippen LogP contribution in [0.15, 0.2) is 24.3 Å². The number of rotatable bonds is 2. The Kier molecular flexibility index (Phi) is 4.04. The highest BCUT2D eigenvalue weighted by Crippen LogP contribution is 2.23. The molecule has 6 heteroatoms. The molecule has 0 aliphatic carbocycles. The first-order chi connectivity index (χ1) is 10.5. The smallest absolute Gasteiger partial charge is 0.254 e. The molecule has 1 saturated heterocycles. The van der Waals surface area contributed by atoms with Gasteiger partial charge in [0.25, 0.3) is 5.91 Å². The van der Waals surface area contributed by atoms with Gasteiger partial charge in [-0.15, -0.1) is 0 Å². The topological polar surface area (TPSA) is 57.7 Å². The van der Waals surface area contributed by atoms with E-state index in [1.807, 2.05) is 32.0 Å². The molecule has 118 valence electrons. The number of hydrogen-bond donors (Lipinski definition) is 0. The zero-order chi connectivity index (χ0) is 15.9. The van der Waals surface area contributed by atoms with E-state index in [1.54, 1.807) is 15.9 Å². The second-order valence-corrected chi connectivity index (χ2v) is 7.85. The number of amides is 2. The van der Waals surface area contributed by atoms with Crippen molar-refractivity contribution in [1.29, 1.82) is 0 Å². The van der Waals surface area contributed by atoms with E-state index < -0.39 is 10.8 Å². The molecule has 5 nitrogen and oxygen atoms in total. The lowest BCUT2D eigenvalue weighted by atomic mass is 10.1. The van der Waals surface area contributed by atoms with Crippen LogP contribution in [-0.2, 0) is 22.1 Å². The second-order valence-electron chi connectivity index (χ2n) is 5.94. The van der Waals surface area contributed by atoms with E-state index >= 15 is 0 Å². The summed E-state index contributed by atoms with van der Waals surface area (Å²) in [5.41, 5.74) is 1.66. The summed E-state index contributed by atoms with van der Waals surface area (Å²) in [7, 11) is -0.870. The molecule has 22 heavy (non-hydrogen) atoms. The predicted octanol–water partition coefficient (Wildman–Crippen LogP) is 1.01. The molecule has 3 atom stereocenters. The van der Waals surface area contributed by atoms with Crippen molar-refractivity contribution >= 4 is 22.6 Å². The molecule has 1 aromatic carbocycles. The number of fused-ring (bicyclic) bond motifs is 1. The SMILES string of the molecule is C[C@@H]1[C@H](C)[S@](=O)CCN1C(=O)CN1Cc2ccccc2C1=O. The van der Waals surface area contributed by atoms with Crippen LogP contribution in [0.25, 0.3) is 0 Å². The maximum absolute atomic E-state index is 12.5. The van der Waals surface area contributed by atoms with Gasteiger partial charge in [0.2, 0.25) is 5.91 Å². The van der Waals surface area contributed by atoms with Gasteiger partial charge < -0.3 is 9.80 Å². The zero-order valence-electron chi connectivity index (χ0n) is 12.8. The standard InChI is InChI=1S/C16H20N2O3S/c1-11-12(2)22(21)8-7-18(11)15(19)10-17-9-13-5-3-4-6-14(13)16(17)20/h3-6,11-12H,7-10H2,1-2H3/t11-,12+,22-/m1/s1. The highest BCUT2D eigenvalue weighted by molar-refractivity contribution is 7.85. The Morgan fingerprint density at radius 2 is 2.05 bits per heavy atom. The van der Waals surface area contributed by atoms with E-state index in [-0.39, 0.29) is 29.7 Å². The highest BCUT2D eigenvalue weighted by atomic mass is 32.2. The summed E-state index contributed by atoms with van der Waals surface area (Å²) < 4.78 is 11.8. The Morgan fingerprint density at radius 3 is 2.77 bits per heavy atom. The van der Waals surface area contributed by atoms with Crippen LogP contribution in [-0.4, -0.2) is 56.0 Å². The van der Waals surface area contributed by atoms with E-state index in [9.17, 15) is 13.8 Å². The van der Waals surface area contributed by atoms with Crippen LogP contribution >= 0.6 is 0 Å². The maximum atomic E-state index is 12.5. The van der Waals surface area contributed by atoms with Crippen molar-refractivity contribution in [1.82, 2.24) is 9.80 Å². The minimum absolute atomic E-state index is 0.0239. The highest BCUT2D eigenvalue weighted by Gasteiger charge is 2.35. The first-order valence-corrected chi connectivity index (χ1v) is 8.91. The monoisotopic (exact) mass is 320 g/mol. The average molecular weight is 320 g/mol. The van der Waals surface area contributed by atoms with Gasteiger partial charge in [0.15, 0.2) is 0 Å². The molecule has 1 aromatic rings. The largest absolute Gasteiger partial charge is 0.336 e. The second kappa shape index (κ2) is 5.83. The predicted molar refractivity (Wildman–Crippen MR) is 84.8 cm³/mol. The molecule has 0 spiro atoms. The summed E-state index contributed by atoms with van der Waals surface area (Å²) in [6.07, 6.45) is 0. The molecule has 1 fully saturated rings. The van der Waals surface area contributed by atoms with Crippen LogP contribution in [0, 0.1) is 0 Å². The van der Waals surface area contributed by atoms with Crippen molar-refractivity contribution in [3.63, 3.8) is 0 Å². The van der Waals surface area contributed by atoms with Crippen LogP contribution in [0.3, 0.4) is 0 Å². The number of carbonyl (C=O) groups is 2. The molecule has 0 radical (unpaired) electrons. The fraction of sp³-hybridized carbons (Fsp3) is 0.500. The summed E-state index contributed by atoms with van der Waals surface area (Å²) in [5, 5.41) is -0.0239. The molecule has 0 aromatic heterocycles. The number of hydrogen-bond acceptors (Lipinski definition) is 3. The number of nitrogens with zero attached hydrogens (tertiary/aromatic N) is 2. The molecule has 2 aliphatic rings. The molecule has 0 N–H and O–H groups in total. The Bertz CT molecular complexity index is 646. The first kappa shape index (κ1) is 15.2. The van der Waals surface area contributed by atoms with Gasteiger partial charge in [-0.2, -0.15) is 0 Å². The Hall–Kier alpha value is -1.69. The van der Waals surface area contributed by atoms with Crippen LogP contribution in [0.5, 0.6) is 0 Å². The molecule has 3 rings (SSSR count). The van der Waals surface area contributed by atoms with Crippen LogP contribution in [0.2, 0.25) is 0 Å². The van der Waals surface area contributed by atoms with Gasteiger partial charge in [0.1, 0.15) is 6.54 Å². The molecule has 0 unspecified atom stereocenters. The van der Waals surface area contributed by atoms with Gasteiger partial charge in [-0.05, 0) is 25.5 Å². The minimum atomic E-state index is -0.870. The molecule has 2 amide bonds. The lowest BCUT2D eigenvalue weighted by Crippen LogP contribution is -2.54. The van der Waals surface area contributed by atoms with Gasteiger partial charge >= 0.3 is 0 Å². The molecular weight excluding hydrogens is 300 g/mol. The van der Waals surface area contributed by atoms with Gasteiger partial charge in [-0.3, -0.25) is 13.8 Å². The van der Waals surface area contributed by atoms with E-state index in [4.69, 9.17) is 0 Å². The fourth-order valence-electron chi connectivity index (χ4n) is 3.10. The van der Waals surface area contributed by atoms with Crippen molar-refractivity contribution in [2.75, 3.05) is 18.8 Å². The quantitative estimate of drug-likeness (QED) is 0.817. The van der Waals surface area contributed by atoms with Crippen molar-refractivity contribution in [3.05, 3.63) is 35.4 Å². The summed E-state index contributed by atoms with van der Waals surface area (Å²) in [5.74, 6) is 0.383. The third-order valence-electron chi connectivity index (χ3n) is 4.66. The summed E-state index contributed by atoms with van der Waals surface area (Å²) in [6.45, 7) is 4.94. The van der Waals surface area contributed by atoms with E-state index in [0.717, 1.165) is 5.56 Å². The van der Waals surface area contributed by atoms with Crippen molar-refractivity contribution in [2.45, 2.75) is 31.7 Å². The van der Waals surface area contributed by atoms with Crippen molar-refractivity contribution in [3.8, 4) is 0 Å². The van der Waals surface area contributed by atoms with E-state index in [2.05, 4.69) is 0 Å². The molecule has 0 bridgehead atoms. The molecule has 0 saturated carbocycles. The Balaban J connectivity index is 1.69. The Labute approximate surface area is 132 Å². The van der Waals surface area contributed by atoms with Gasteiger partial charge in [0.05, 0.1) is 5.25 Å². The summed E-state index contributed by atoms with van der Waals surface area (Å²) in [6, 6.07) is 7.41. The van der Waals surface area contributed by atoms with Crippen LogP contribution in [0.4, 0.5) is 0 Å². The maximum Gasteiger partial charge on any atom is 0.254 e. The lowest BCUT2D eigenvalue weighted by molar-refractivity contribution is -0.133. The third-order valence-corrected chi connectivity index (χ3v) is 6.47. The van der Waals surface area contributed by atoms with Crippen LogP contribution < -0.4 is 0 Å². The normalized spacial score (nSPS) is 27.9. The van der Waals surface area contributed by atoms with Gasteiger partial charge in [-0.25, -0.2) is 0 Å². The van der Waals surface area contributed by atoms with E-state index in [0.29, 0.717) is 24.4 Å². The first-order valence-electron chi connectivity index (χ1n) is 7.53. The lowest BCUT2D eigenvalue weighted by Gasteiger charge is -2.38. The van der Waals surface area contributed by atoms with Gasteiger partial charge in [0, 0.05) is 41.2 Å². The van der Waals surface area contributed by atoms with Crippen LogP contribution in [0.1, 0.15) is 29.8 Å². The Morgan fingerprint density at radius 1 is 1.32 bits per heavy atom. The fourth-order valence-corrected chi connectivity index (χ4v) is 4.43.